The fourth-order valence-corrected chi connectivity index (χ4v) is 6.16. The van der Waals surface area contributed by atoms with Crippen LogP contribution in [0.15, 0.2) is 0 Å². The van der Waals surface area contributed by atoms with Gasteiger partial charge in [-0.3, -0.25) is 0 Å². The summed E-state index contributed by atoms with van der Waals surface area (Å²) in [6, 6.07) is 1.34. The summed E-state index contributed by atoms with van der Waals surface area (Å²) in [4.78, 5) is 0. The Morgan fingerprint density at radius 3 is 2.36 bits per heavy atom. The molecule has 0 radical (unpaired) electrons. The summed E-state index contributed by atoms with van der Waals surface area (Å²) in [5, 5.41) is 0. The van der Waals surface area contributed by atoms with Gasteiger partial charge in [0, 0.05) is 0 Å². The molecule has 3 aliphatic rings. The Kier molecular flexibility index (Phi) is 2.55. The lowest BCUT2D eigenvalue weighted by Gasteiger charge is -2.60. The van der Waals surface area contributed by atoms with E-state index in [1.54, 1.807) is 0 Å². The van der Waals surface area contributed by atoms with Gasteiger partial charge in [0.15, 0.2) is 7.38 Å². The van der Waals surface area contributed by atoms with Crippen LogP contribution in [0.4, 0.5) is 0 Å². The normalized spacial score (nSPS) is 40.5. The van der Waals surface area contributed by atoms with E-state index in [2.05, 4.69) is 26.9 Å². The topological polar surface area (TPSA) is 0 Å². The Balaban J connectivity index is 2.01. The molecular weight excluding hydrogens is 208 g/mol. The molecule has 82 valence electrons. The molecule has 14 heavy (non-hydrogen) atoms. The van der Waals surface area contributed by atoms with Crippen LogP contribution in [0.1, 0.15) is 33.1 Å². The van der Waals surface area contributed by atoms with Crippen LogP contribution in [0.2, 0.25) is 19.1 Å². The van der Waals surface area contributed by atoms with Gasteiger partial charge >= 0.3 is 0 Å². The first-order chi connectivity index (χ1) is 6.31. The first kappa shape index (κ1) is 11.0. The van der Waals surface area contributed by atoms with Crippen molar-refractivity contribution in [2.45, 2.75) is 52.2 Å². The molecule has 2 heteroatoms. The van der Waals surface area contributed by atoms with E-state index in [0.29, 0.717) is 5.41 Å². The van der Waals surface area contributed by atoms with Gasteiger partial charge in [0.2, 0.25) is 0 Å². The van der Waals surface area contributed by atoms with Crippen molar-refractivity contribution in [1.29, 1.82) is 0 Å². The van der Waals surface area contributed by atoms with E-state index < -0.39 is 7.38 Å². The second-order valence-corrected chi connectivity index (χ2v) is 13.5. The molecule has 2 bridgehead atoms. The molecule has 3 saturated carbocycles. The summed E-state index contributed by atoms with van der Waals surface area (Å²) >= 11 is 6.48. The van der Waals surface area contributed by atoms with Crippen molar-refractivity contribution in [3.63, 3.8) is 0 Å². The molecule has 3 rings (SSSR count). The van der Waals surface area contributed by atoms with Gasteiger partial charge in [0.05, 0.1) is 0 Å². The van der Waals surface area contributed by atoms with Crippen molar-refractivity contribution in [2.75, 3.05) is 0 Å². The van der Waals surface area contributed by atoms with Gasteiger partial charge in [0.1, 0.15) is 0 Å². The van der Waals surface area contributed by atoms with Gasteiger partial charge < -0.3 is 0 Å². The average molecular weight is 231 g/mol. The van der Waals surface area contributed by atoms with Crippen LogP contribution in [-0.2, 0) is 0 Å². The predicted octanol–water partition coefficient (Wildman–Crippen LogP) is 4.50. The van der Waals surface area contributed by atoms with E-state index in [0.717, 1.165) is 17.8 Å². The summed E-state index contributed by atoms with van der Waals surface area (Å²) in [6.45, 7) is 9.54. The molecule has 0 aliphatic heterocycles. The van der Waals surface area contributed by atoms with E-state index >= 15 is 0 Å². The lowest BCUT2D eigenvalue weighted by Crippen LogP contribution is -2.53. The van der Waals surface area contributed by atoms with Crippen LogP contribution >= 0.6 is 11.1 Å². The van der Waals surface area contributed by atoms with Gasteiger partial charge in [-0.1, -0.05) is 33.4 Å². The molecule has 3 aliphatic carbocycles. The van der Waals surface area contributed by atoms with E-state index in [4.69, 9.17) is 11.1 Å². The molecule has 0 N–H and O–H groups in total. The highest BCUT2D eigenvalue weighted by Crippen LogP contribution is 2.62. The highest BCUT2D eigenvalue weighted by molar-refractivity contribution is 7.19. The third-order valence-electron chi connectivity index (χ3n) is 4.75. The minimum atomic E-state index is -1.35. The van der Waals surface area contributed by atoms with Crippen molar-refractivity contribution >= 4 is 18.5 Å². The largest absolute Gasteiger partial charge is 0.168 e. The molecule has 0 aromatic heterocycles. The predicted molar refractivity (Wildman–Crippen MR) is 66.2 cm³/mol. The Morgan fingerprint density at radius 2 is 1.93 bits per heavy atom. The molecule has 3 fully saturated rings. The molecule has 0 aromatic carbocycles. The third-order valence-corrected chi connectivity index (χ3v) is 6.71. The van der Waals surface area contributed by atoms with Crippen molar-refractivity contribution in [3.05, 3.63) is 0 Å². The second kappa shape index (κ2) is 3.25. The summed E-state index contributed by atoms with van der Waals surface area (Å²) in [7, 11) is -1.35. The number of rotatable bonds is 2. The molecule has 0 spiro atoms. The van der Waals surface area contributed by atoms with Crippen molar-refractivity contribution in [3.8, 4) is 0 Å². The van der Waals surface area contributed by atoms with Crippen LogP contribution in [-0.4, -0.2) is 7.38 Å². The van der Waals surface area contributed by atoms with E-state index in [-0.39, 0.29) is 0 Å². The zero-order chi connectivity index (χ0) is 10.6. The SMILES string of the molecule is CC1(C)[C@H]2CC[C@H](C[Si](C)(C)Cl)[C@@H]1C2. The Hall–Kier alpha value is 0.507. The van der Waals surface area contributed by atoms with Gasteiger partial charge in [0.25, 0.3) is 0 Å². The quantitative estimate of drug-likeness (QED) is 0.484. The van der Waals surface area contributed by atoms with E-state index in [9.17, 15) is 0 Å². The number of hydrogen-bond acceptors (Lipinski definition) is 0. The minimum Gasteiger partial charge on any atom is -0.168 e. The molecule has 0 amide bonds. The summed E-state index contributed by atoms with van der Waals surface area (Å²) < 4.78 is 0. The third kappa shape index (κ3) is 1.78. The molecule has 3 atom stereocenters. The molecule has 0 heterocycles. The standard InChI is InChI=1S/C12H23ClSi/c1-12(2)10-6-5-9(11(12)7-10)8-14(3,4)13/h9-11H,5-8H2,1-4H3/t9-,10+,11+/m1/s1. The number of fused-ring (bicyclic) bond motifs is 2. The first-order valence-corrected chi connectivity index (χ1v) is 10.2. The summed E-state index contributed by atoms with van der Waals surface area (Å²) in [6.07, 6.45) is 4.43. The van der Waals surface area contributed by atoms with Crippen LogP contribution in [0.5, 0.6) is 0 Å². The maximum Gasteiger partial charge on any atom is 0.150 e. The first-order valence-electron chi connectivity index (χ1n) is 5.99. The van der Waals surface area contributed by atoms with Crippen molar-refractivity contribution < 1.29 is 0 Å². The molecule has 0 unspecified atom stereocenters. The van der Waals surface area contributed by atoms with Gasteiger partial charge in [-0.25, -0.2) is 0 Å². The Bertz CT molecular complexity index is 227. The van der Waals surface area contributed by atoms with Crippen LogP contribution in [0.3, 0.4) is 0 Å². The van der Waals surface area contributed by atoms with Gasteiger partial charge in [-0.2, -0.15) is 11.1 Å². The molecule has 0 saturated heterocycles. The fourth-order valence-electron chi connectivity index (χ4n) is 3.83. The smallest absolute Gasteiger partial charge is 0.150 e. The number of halogens is 1. The second-order valence-electron chi connectivity index (χ2n) is 6.62. The zero-order valence-electron chi connectivity index (χ0n) is 9.94. The Morgan fingerprint density at radius 1 is 1.29 bits per heavy atom. The van der Waals surface area contributed by atoms with Gasteiger partial charge in [-0.05, 0) is 42.1 Å². The summed E-state index contributed by atoms with van der Waals surface area (Å²) in [5.74, 6) is 2.98. The van der Waals surface area contributed by atoms with Crippen LogP contribution < -0.4 is 0 Å². The minimum absolute atomic E-state index is 0.638. The lowest BCUT2D eigenvalue weighted by atomic mass is 9.46. The maximum atomic E-state index is 6.48. The molecule has 0 nitrogen and oxygen atoms in total. The van der Waals surface area contributed by atoms with Gasteiger partial charge in [-0.15, -0.1) is 0 Å². The zero-order valence-corrected chi connectivity index (χ0v) is 11.7. The van der Waals surface area contributed by atoms with Crippen LogP contribution in [0, 0.1) is 23.2 Å². The molecular formula is C12H23ClSi. The highest BCUT2D eigenvalue weighted by atomic mass is 35.6. The Labute approximate surface area is 94.1 Å². The fraction of sp³-hybridized carbons (Fsp3) is 1.00. The highest BCUT2D eigenvalue weighted by Gasteiger charge is 2.54. The van der Waals surface area contributed by atoms with Crippen LogP contribution in [0.25, 0.3) is 0 Å². The summed E-state index contributed by atoms with van der Waals surface area (Å²) in [5.41, 5.74) is 0.638. The van der Waals surface area contributed by atoms with E-state index in [1.807, 2.05) is 0 Å². The lowest BCUT2D eigenvalue weighted by molar-refractivity contribution is -0.0989. The monoisotopic (exact) mass is 230 g/mol. The van der Waals surface area contributed by atoms with Crippen molar-refractivity contribution in [2.24, 2.45) is 23.2 Å². The maximum absolute atomic E-state index is 6.48. The number of hydrogen-bond donors (Lipinski definition) is 0. The molecule has 0 aromatic rings. The average Bonchev–Trinajstić information content (AvgIpc) is 2.00. The van der Waals surface area contributed by atoms with Crippen molar-refractivity contribution in [1.82, 2.24) is 0 Å². The van der Waals surface area contributed by atoms with E-state index in [1.165, 1.54) is 25.3 Å².